The lowest BCUT2D eigenvalue weighted by molar-refractivity contribution is -0.113. The highest BCUT2D eigenvalue weighted by Gasteiger charge is 2.14. The van der Waals surface area contributed by atoms with Gasteiger partial charge in [0.05, 0.1) is 10.6 Å². The molecule has 0 aliphatic carbocycles. The summed E-state index contributed by atoms with van der Waals surface area (Å²) in [6.07, 6.45) is 2.05. The van der Waals surface area contributed by atoms with Gasteiger partial charge in [-0.3, -0.25) is 9.59 Å². The monoisotopic (exact) mass is 493 g/mol. The molecule has 0 saturated heterocycles. The molecule has 4 aromatic rings. The van der Waals surface area contributed by atoms with E-state index < -0.39 is 0 Å². The zero-order valence-corrected chi connectivity index (χ0v) is 19.9. The number of carbonyl (C=O) groups is 2. The number of thioether (sulfide) groups is 1. The summed E-state index contributed by atoms with van der Waals surface area (Å²) in [4.78, 5) is 26.5. The number of nitrogens with zero attached hydrogens (tertiary/aromatic N) is 1. The standard InChI is InChI=1S/C25H23N3O4S2/c29-24(27-17-7-8-20-21(14-17)32-12-11-31-20)16-34-23-15-28(19-5-2-1-4-18(19)23)10-9-26-25(30)22-6-3-13-33-22/h1-8,13-15H,9-12,16H2,(H,26,30)(H,27,29). The highest BCUT2D eigenvalue weighted by Crippen LogP contribution is 2.33. The average molecular weight is 494 g/mol. The van der Waals surface area contributed by atoms with Crippen molar-refractivity contribution in [1.29, 1.82) is 0 Å². The Morgan fingerprint density at radius 2 is 1.88 bits per heavy atom. The average Bonchev–Trinajstić information content (AvgIpc) is 3.52. The second-order valence-corrected chi connectivity index (χ2v) is 9.60. The number of benzene rings is 2. The molecule has 0 unspecified atom stereocenters. The van der Waals surface area contributed by atoms with Gasteiger partial charge in [0.1, 0.15) is 13.2 Å². The second-order valence-electron chi connectivity index (χ2n) is 7.63. The quantitative estimate of drug-likeness (QED) is 0.350. The molecule has 0 radical (unpaired) electrons. The van der Waals surface area contributed by atoms with Crippen LogP contribution >= 0.6 is 23.1 Å². The van der Waals surface area contributed by atoms with Crippen molar-refractivity contribution in [3.63, 3.8) is 0 Å². The maximum atomic E-state index is 12.6. The molecule has 1 aliphatic rings. The summed E-state index contributed by atoms with van der Waals surface area (Å²) in [6.45, 7) is 2.19. The zero-order chi connectivity index (χ0) is 23.3. The number of carbonyl (C=O) groups excluding carboxylic acids is 2. The number of nitrogens with one attached hydrogen (secondary N) is 2. The number of hydrogen-bond acceptors (Lipinski definition) is 6. The first-order valence-corrected chi connectivity index (χ1v) is 12.8. The molecular formula is C25H23N3O4S2. The molecule has 2 aromatic heterocycles. The normalized spacial score (nSPS) is 12.5. The lowest BCUT2D eigenvalue weighted by Gasteiger charge is -2.19. The Hall–Kier alpha value is -3.43. The van der Waals surface area contributed by atoms with Crippen LogP contribution < -0.4 is 20.1 Å². The Bertz CT molecular complexity index is 1320. The first-order chi connectivity index (χ1) is 16.7. The van der Waals surface area contributed by atoms with Gasteiger partial charge < -0.3 is 24.7 Å². The number of thiophene rings is 1. The first-order valence-electron chi connectivity index (χ1n) is 10.9. The summed E-state index contributed by atoms with van der Waals surface area (Å²) in [5, 5.41) is 8.87. The van der Waals surface area contributed by atoms with Crippen molar-refractivity contribution >= 4 is 51.5 Å². The molecule has 9 heteroatoms. The van der Waals surface area contributed by atoms with E-state index in [9.17, 15) is 9.59 Å². The van der Waals surface area contributed by atoms with Crippen LogP contribution in [-0.4, -0.2) is 41.9 Å². The number of anilines is 1. The van der Waals surface area contributed by atoms with E-state index in [0.29, 0.717) is 48.4 Å². The number of ether oxygens (including phenoxy) is 2. The predicted molar refractivity (Wildman–Crippen MR) is 135 cm³/mol. The van der Waals surface area contributed by atoms with Gasteiger partial charge in [-0.15, -0.1) is 23.1 Å². The fraction of sp³-hybridized carbons (Fsp3) is 0.200. The molecule has 0 bridgehead atoms. The molecule has 0 spiro atoms. The van der Waals surface area contributed by atoms with Crippen LogP contribution in [0, 0.1) is 0 Å². The molecule has 2 amide bonds. The number of amides is 2. The van der Waals surface area contributed by atoms with Crippen molar-refractivity contribution in [3.8, 4) is 11.5 Å². The van der Waals surface area contributed by atoms with Gasteiger partial charge in [0.25, 0.3) is 5.91 Å². The van der Waals surface area contributed by atoms with E-state index >= 15 is 0 Å². The summed E-state index contributed by atoms with van der Waals surface area (Å²) < 4.78 is 13.2. The van der Waals surface area contributed by atoms with Gasteiger partial charge in [-0.2, -0.15) is 0 Å². The summed E-state index contributed by atoms with van der Waals surface area (Å²) in [7, 11) is 0. The minimum atomic E-state index is -0.0956. The second kappa shape index (κ2) is 10.2. The predicted octanol–water partition coefficient (Wildman–Crippen LogP) is 4.63. The van der Waals surface area contributed by atoms with E-state index in [2.05, 4.69) is 27.3 Å². The fourth-order valence-electron chi connectivity index (χ4n) is 3.76. The molecule has 1 aliphatic heterocycles. The maximum Gasteiger partial charge on any atom is 0.261 e. The van der Waals surface area contributed by atoms with Gasteiger partial charge in [0, 0.05) is 46.8 Å². The van der Waals surface area contributed by atoms with Crippen molar-refractivity contribution in [1.82, 2.24) is 9.88 Å². The largest absolute Gasteiger partial charge is 0.486 e. The third-order valence-corrected chi connectivity index (χ3v) is 7.23. The smallest absolute Gasteiger partial charge is 0.261 e. The zero-order valence-electron chi connectivity index (χ0n) is 18.3. The highest BCUT2D eigenvalue weighted by atomic mass is 32.2. The van der Waals surface area contributed by atoms with Crippen molar-refractivity contribution in [2.24, 2.45) is 0 Å². The van der Waals surface area contributed by atoms with Crippen LogP contribution in [0.4, 0.5) is 5.69 Å². The van der Waals surface area contributed by atoms with E-state index in [1.54, 1.807) is 6.07 Å². The van der Waals surface area contributed by atoms with Crippen LogP contribution in [0.2, 0.25) is 0 Å². The van der Waals surface area contributed by atoms with Crippen molar-refractivity contribution in [2.75, 3.05) is 30.8 Å². The minimum Gasteiger partial charge on any atom is -0.486 e. The first kappa shape index (κ1) is 22.4. The van der Waals surface area contributed by atoms with E-state index in [1.165, 1.54) is 23.1 Å². The molecule has 3 heterocycles. The molecule has 174 valence electrons. The molecule has 5 rings (SSSR count). The summed E-state index contributed by atoms with van der Waals surface area (Å²) in [5.41, 5.74) is 1.75. The molecule has 2 N–H and O–H groups in total. The summed E-state index contributed by atoms with van der Waals surface area (Å²) in [5.74, 6) is 1.46. The van der Waals surface area contributed by atoms with Gasteiger partial charge >= 0.3 is 0 Å². The van der Waals surface area contributed by atoms with Crippen LogP contribution in [0.15, 0.2) is 71.1 Å². The maximum absolute atomic E-state index is 12.6. The topological polar surface area (TPSA) is 81.6 Å². The SMILES string of the molecule is O=C(CSc1cn(CCNC(=O)c2cccs2)c2ccccc12)Nc1ccc2c(c1)OCCO2. The molecule has 2 aromatic carbocycles. The van der Waals surface area contributed by atoms with E-state index in [-0.39, 0.29) is 17.6 Å². The fourth-order valence-corrected chi connectivity index (χ4v) is 5.29. The number of para-hydroxylation sites is 1. The van der Waals surface area contributed by atoms with Crippen molar-refractivity contribution in [2.45, 2.75) is 11.4 Å². The summed E-state index contributed by atoms with van der Waals surface area (Å²) >= 11 is 2.92. The van der Waals surface area contributed by atoms with Crippen molar-refractivity contribution < 1.29 is 19.1 Å². The van der Waals surface area contributed by atoms with E-state index in [1.807, 2.05) is 48.0 Å². The molecular weight excluding hydrogens is 470 g/mol. The molecule has 7 nitrogen and oxygen atoms in total. The van der Waals surface area contributed by atoms with E-state index in [0.717, 1.165) is 15.8 Å². The number of aromatic nitrogens is 1. The minimum absolute atomic E-state index is 0.0585. The highest BCUT2D eigenvalue weighted by molar-refractivity contribution is 8.00. The van der Waals surface area contributed by atoms with Gasteiger partial charge in [0.2, 0.25) is 5.91 Å². The van der Waals surface area contributed by atoms with Crippen molar-refractivity contribution in [3.05, 3.63) is 71.1 Å². The third-order valence-electron chi connectivity index (χ3n) is 5.32. The van der Waals surface area contributed by atoms with Gasteiger partial charge in [-0.05, 0) is 29.6 Å². The Balaban J connectivity index is 1.20. The number of hydrogen-bond donors (Lipinski definition) is 2. The van der Waals surface area contributed by atoms with Crippen LogP contribution in [0.3, 0.4) is 0 Å². The van der Waals surface area contributed by atoms with Crippen LogP contribution in [0.25, 0.3) is 10.9 Å². The van der Waals surface area contributed by atoms with Gasteiger partial charge in [-0.25, -0.2) is 0 Å². The number of rotatable bonds is 8. The lowest BCUT2D eigenvalue weighted by Crippen LogP contribution is -2.26. The van der Waals surface area contributed by atoms with E-state index in [4.69, 9.17) is 9.47 Å². The molecule has 0 atom stereocenters. The summed E-state index contributed by atoms with van der Waals surface area (Å²) in [6, 6.07) is 17.2. The third kappa shape index (κ3) is 5.05. The molecule has 0 saturated carbocycles. The number of fused-ring (bicyclic) bond motifs is 2. The Labute approximate surface area is 205 Å². The lowest BCUT2D eigenvalue weighted by atomic mass is 10.2. The Kier molecular flexibility index (Phi) is 6.73. The van der Waals surface area contributed by atoms with Crippen LogP contribution in [0.1, 0.15) is 9.67 Å². The molecule has 34 heavy (non-hydrogen) atoms. The molecule has 0 fully saturated rings. The van der Waals surface area contributed by atoms with Gasteiger partial charge in [0.15, 0.2) is 11.5 Å². The Morgan fingerprint density at radius 3 is 2.74 bits per heavy atom. The Morgan fingerprint density at radius 1 is 1.03 bits per heavy atom. The van der Waals surface area contributed by atoms with Crippen LogP contribution in [0.5, 0.6) is 11.5 Å². The van der Waals surface area contributed by atoms with Crippen LogP contribution in [-0.2, 0) is 11.3 Å². The van der Waals surface area contributed by atoms with Gasteiger partial charge in [-0.1, -0.05) is 24.3 Å².